The van der Waals surface area contributed by atoms with Gasteiger partial charge in [0.25, 0.3) is 0 Å². The normalized spacial score (nSPS) is 11.7. The van der Waals surface area contributed by atoms with Crippen LogP contribution in [0.25, 0.3) is 6.08 Å². The molecule has 108 valence electrons. The van der Waals surface area contributed by atoms with Gasteiger partial charge < -0.3 is 0 Å². The van der Waals surface area contributed by atoms with Crippen molar-refractivity contribution in [3.63, 3.8) is 0 Å². The standard InChI is InChI=1S/C16H13FO3S/c1-21(19,20)15-9-5-13(6-10-15)16(18)11-4-12-2-7-14(17)8-3-12/h2-11H,1H3. The van der Waals surface area contributed by atoms with Crippen LogP contribution in [0.2, 0.25) is 0 Å². The Kier molecular flexibility index (Phi) is 4.33. The summed E-state index contributed by atoms with van der Waals surface area (Å²) in [5, 5.41) is 0. The molecular formula is C16H13FO3S. The van der Waals surface area contributed by atoms with Crippen molar-refractivity contribution < 1.29 is 17.6 Å². The van der Waals surface area contributed by atoms with E-state index in [-0.39, 0.29) is 16.5 Å². The molecule has 3 nitrogen and oxygen atoms in total. The molecule has 0 saturated heterocycles. The molecule has 0 amide bonds. The van der Waals surface area contributed by atoms with Gasteiger partial charge in [0.1, 0.15) is 5.82 Å². The molecule has 0 unspecified atom stereocenters. The van der Waals surface area contributed by atoms with E-state index in [2.05, 4.69) is 0 Å². The summed E-state index contributed by atoms with van der Waals surface area (Å²) in [5.74, 6) is -0.589. The average Bonchev–Trinajstić information content (AvgIpc) is 2.45. The fourth-order valence-electron chi connectivity index (χ4n) is 1.71. The zero-order valence-electron chi connectivity index (χ0n) is 11.3. The highest BCUT2D eigenvalue weighted by Crippen LogP contribution is 2.12. The lowest BCUT2D eigenvalue weighted by Crippen LogP contribution is -1.99. The van der Waals surface area contributed by atoms with Crippen LogP contribution in [0.5, 0.6) is 0 Å². The van der Waals surface area contributed by atoms with Gasteiger partial charge in [0.05, 0.1) is 4.90 Å². The third-order valence-electron chi connectivity index (χ3n) is 2.86. The molecule has 0 aromatic heterocycles. The Morgan fingerprint density at radius 2 is 1.57 bits per heavy atom. The zero-order valence-corrected chi connectivity index (χ0v) is 12.1. The van der Waals surface area contributed by atoms with Crippen LogP contribution in [0.15, 0.2) is 59.5 Å². The summed E-state index contributed by atoms with van der Waals surface area (Å²) >= 11 is 0. The molecule has 2 aromatic carbocycles. The van der Waals surface area contributed by atoms with E-state index in [0.29, 0.717) is 11.1 Å². The molecule has 0 aliphatic carbocycles. The topological polar surface area (TPSA) is 51.2 Å². The van der Waals surface area contributed by atoms with Crippen LogP contribution in [0.4, 0.5) is 4.39 Å². The second kappa shape index (κ2) is 6.01. The van der Waals surface area contributed by atoms with Gasteiger partial charge in [-0.1, -0.05) is 18.2 Å². The molecule has 0 N–H and O–H groups in total. The quantitative estimate of drug-likeness (QED) is 0.644. The molecule has 0 spiro atoms. The number of carbonyl (C=O) groups excluding carboxylic acids is 1. The Labute approximate surface area is 122 Å². The second-order valence-electron chi connectivity index (χ2n) is 4.55. The van der Waals surface area contributed by atoms with Gasteiger partial charge in [0.2, 0.25) is 0 Å². The average molecular weight is 304 g/mol. The summed E-state index contributed by atoms with van der Waals surface area (Å²) in [4.78, 5) is 12.1. The van der Waals surface area contributed by atoms with Crippen molar-refractivity contribution in [2.45, 2.75) is 4.90 Å². The van der Waals surface area contributed by atoms with Crippen molar-refractivity contribution in [2.24, 2.45) is 0 Å². The van der Waals surface area contributed by atoms with Crippen LogP contribution >= 0.6 is 0 Å². The molecule has 0 atom stereocenters. The van der Waals surface area contributed by atoms with Crippen LogP contribution in [-0.2, 0) is 9.84 Å². The minimum absolute atomic E-state index is 0.168. The van der Waals surface area contributed by atoms with Crippen molar-refractivity contribution in [3.8, 4) is 0 Å². The molecule has 0 heterocycles. The Morgan fingerprint density at radius 3 is 2.10 bits per heavy atom. The summed E-state index contributed by atoms with van der Waals surface area (Å²) in [6, 6.07) is 11.5. The van der Waals surface area contributed by atoms with E-state index in [0.717, 1.165) is 6.26 Å². The SMILES string of the molecule is CS(=O)(=O)c1ccc(C(=O)C=Cc2ccc(F)cc2)cc1. The van der Waals surface area contributed by atoms with Crippen molar-refractivity contribution >= 4 is 21.7 Å². The maximum absolute atomic E-state index is 12.7. The van der Waals surface area contributed by atoms with Crippen LogP contribution in [-0.4, -0.2) is 20.5 Å². The van der Waals surface area contributed by atoms with Crippen molar-refractivity contribution in [1.29, 1.82) is 0 Å². The largest absolute Gasteiger partial charge is 0.289 e. The van der Waals surface area contributed by atoms with E-state index in [1.54, 1.807) is 18.2 Å². The van der Waals surface area contributed by atoms with E-state index in [1.165, 1.54) is 42.5 Å². The first-order valence-electron chi connectivity index (χ1n) is 6.14. The molecule has 5 heteroatoms. The van der Waals surface area contributed by atoms with Gasteiger partial charge >= 0.3 is 0 Å². The smallest absolute Gasteiger partial charge is 0.185 e. The third kappa shape index (κ3) is 4.10. The van der Waals surface area contributed by atoms with Crippen LogP contribution < -0.4 is 0 Å². The highest BCUT2D eigenvalue weighted by atomic mass is 32.2. The summed E-state index contributed by atoms with van der Waals surface area (Å²) < 4.78 is 35.4. The fraction of sp³-hybridized carbons (Fsp3) is 0.0625. The van der Waals surface area contributed by atoms with Gasteiger partial charge in [-0.2, -0.15) is 0 Å². The molecule has 0 aliphatic heterocycles. The van der Waals surface area contributed by atoms with E-state index in [4.69, 9.17) is 0 Å². The first-order valence-corrected chi connectivity index (χ1v) is 8.03. The molecule has 0 saturated carbocycles. The van der Waals surface area contributed by atoms with Crippen LogP contribution in [0.3, 0.4) is 0 Å². The van der Waals surface area contributed by atoms with E-state index >= 15 is 0 Å². The lowest BCUT2D eigenvalue weighted by molar-refractivity contribution is 0.104. The summed E-state index contributed by atoms with van der Waals surface area (Å²) in [6.45, 7) is 0. The number of hydrogen-bond acceptors (Lipinski definition) is 3. The summed E-state index contributed by atoms with van der Waals surface area (Å²) in [7, 11) is -3.27. The number of ketones is 1. The van der Waals surface area contributed by atoms with Crippen LogP contribution in [0, 0.1) is 5.82 Å². The third-order valence-corrected chi connectivity index (χ3v) is 3.99. The first-order chi connectivity index (χ1) is 9.86. The number of hydrogen-bond donors (Lipinski definition) is 0. The maximum atomic E-state index is 12.7. The molecule has 2 aromatic rings. The lowest BCUT2D eigenvalue weighted by Gasteiger charge is -2.00. The molecule has 0 aliphatic rings. The minimum Gasteiger partial charge on any atom is -0.289 e. The molecular weight excluding hydrogens is 291 g/mol. The predicted octanol–water partition coefficient (Wildman–Crippen LogP) is 3.13. The highest BCUT2D eigenvalue weighted by molar-refractivity contribution is 7.90. The van der Waals surface area contributed by atoms with Gasteiger partial charge in [0.15, 0.2) is 15.6 Å². The van der Waals surface area contributed by atoms with E-state index < -0.39 is 9.84 Å². The Bertz CT molecular complexity index is 773. The zero-order chi connectivity index (χ0) is 15.5. The van der Waals surface area contributed by atoms with E-state index in [1.807, 2.05) is 0 Å². The monoisotopic (exact) mass is 304 g/mol. The van der Waals surface area contributed by atoms with Gasteiger partial charge in [-0.3, -0.25) is 4.79 Å². The molecule has 0 bridgehead atoms. The number of sulfone groups is 1. The Morgan fingerprint density at radius 1 is 1.00 bits per heavy atom. The van der Waals surface area contributed by atoms with E-state index in [9.17, 15) is 17.6 Å². The minimum atomic E-state index is -3.27. The van der Waals surface area contributed by atoms with Gasteiger partial charge in [0, 0.05) is 11.8 Å². The first kappa shape index (κ1) is 15.1. The van der Waals surface area contributed by atoms with Gasteiger partial charge in [-0.05, 0) is 48.0 Å². The summed E-state index contributed by atoms with van der Waals surface area (Å²) in [5.41, 5.74) is 1.10. The predicted molar refractivity (Wildman–Crippen MR) is 79.3 cm³/mol. The molecule has 0 radical (unpaired) electrons. The number of benzene rings is 2. The lowest BCUT2D eigenvalue weighted by atomic mass is 10.1. The maximum Gasteiger partial charge on any atom is 0.185 e. The highest BCUT2D eigenvalue weighted by Gasteiger charge is 2.08. The fourth-order valence-corrected chi connectivity index (χ4v) is 2.34. The number of halogens is 1. The van der Waals surface area contributed by atoms with Crippen molar-refractivity contribution in [2.75, 3.05) is 6.26 Å². The molecule has 21 heavy (non-hydrogen) atoms. The second-order valence-corrected chi connectivity index (χ2v) is 6.56. The molecule has 0 fully saturated rings. The number of rotatable bonds is 4. The van der Waals surface area contributed by atoms with Crippen molar-refractivity contribution in [3.05, 3.63) is 71.6 Å². The summed E-state index contributed by atoms with van der Waals surface area (Å²) in [6.07, 6.45) is 4.05. The van der Waals surface area contributed by atoms with Crippen molar-refractivity contribution in [1.82, 2.24) is 0 Å². The molecule has 2 rings (SSSR count). The van der Waals surface area contributed by atoms with Crippen LogP contribution in [0.1, 0.15) is 15.9 Å². The van der Waals surface area contributed by atoms with Gasteiger partial charge in [-0.15, -0.1) is 0 Å². The Hall–Kier alpha value is -2.27. The number of carbonyl (C=O) groups is 1. The van der Waals surface area contributed by atoms with Gasteiger partial charge in [-0.25, -0.2) is 12.8 Å². The Balaban J connectivity index is 2.15. The number of allylic oxidation sites excluding steroid dienone is 1.